The summed E-state index contributed by atoms with van der Waals surface area (Å²) in [6.07, 6.45) is 2.50. The summed E-state index contributed by atoms with van der Waals surface area (Å²) in [5.41, 5.74) is 8.08. The van der Waals surface area contributed by atoms with Crippen LogP contribution in [-0.4, -0.2) is 42.1 Å². The van der Waals surface area contributed by atoms with Gasteiger partial charge in [0.05, 0.1) is 18.2 Å². The lowest BCUT2D eigenvalue weighted by molar-refractivity contribution is -0.141. The van der Waals surface area contributed by atoms with Gasteiger partial charge in [-0.15, -0.1) is 0 Å². The number of nitrogens with two attached hydrogens (primary N) is 1. The number of amides is 1. The van der Waals surface area contributed by atoms with E-state index >= 15 is 0 Å². The number of benzene rings is 2. The van der Waals surface area contributed by atoms with Crippen LogP contribution in [0.4, 0.5) is 0 Å². The molecule has 1 heterocycles. The smallest absolute Gasteiger partial charge is 0.242 e. The molecule has 0 radical (unpaired) electrons. The average molecular weight is 350 g/mol. The Morgan fingerprint density at radius 2 is 1.65 bits per heavy atom. The maximum atomic E-state index is 12.6. The molecule has 1 saturated carbocycles. The molecular formula is C22H26N2O2. The lowest BCUT2D eigenvalue weighted by Crippen LogP contribution is -2.52. The molecule has 1 aliphatic carbocycles. The van der Waals surface area contributed by atoms with Gasteiger partial charge in [0.15, 0.2) is 0 Å². The fraction of sp³-hybridized carbons (Fsp3) is 0.409. The topological polar surface area (TPSA) is 55.6 Å². The monoisotopic (exact) mass is 350 g/mol. The highest BCUT2D eigenvalue weighted by molar-refractivity contribution is 5.89. The number of ether oxygens (including phenoxy) is 1. The van der Waals surface area contributed by atoms with Crippen LogP contribution >= 0.6 is 0 Å². The minimum atomic E-state index is -0.597. The summed E-state index contributed by atoms with van der Waals surface area (Å²) in [6.45, 7) is 1.87. The third-order valence-electron chi connectivity index (χ3n) is 5.54. The Morgan fingerprint density at radius 3 is 2.19 bits per heavy atom. The molecule has 4 heteroatoms. The van der Waals surface area contributed by atoms with Gasteiger partial charge in [0, 0.05) is 19.0 Å². The van der Waals surface area contributed by atoms with Crippen LogP contribution in [0.25, 0.3) is 0 Å². The molecule has 0 unspecified atom stereocenters. The Bertz CT molecular complexity index is 704. The van der Waals surface area contributed by atoms with Crippen molar-refractivity contribution in [3.63, 3.8) is 0 Å². The van der Waals surface area contributed by atoms with Crippen LogP contribution in [0.1, 0.15) is 36.3 Å². The van der Waals surface area contributed by atoms with E-state index in [4.69, 9.17) is 10.5 Å². The summed E-state index contributed by atoms with van der Waals surface area (Å²) in [4.78, 5) is 14.5. The second kappa shape index (κ2) is 7.22. The van der Waals surface area contributed by atoms with E-state index in [2.05, 4.69) is 48.5 Å². The second-order valence-corrected chi connectivity index (χ2v) is 7.51. The normalized spacial score (nSPS) is 21.6. The van der Waals surface area contributed by atoms with Crippen molar-refractivity contribution in [3.05, 3.63) is 71.8 Å². The highest BCUT2D eigenvalue weighted by Crippen LogP contribution is 2.35. The molecule has 1 atom stereocenters. The van der Waals surface area contributed by atoms with Crippen molar-refractivity contribution < 1.29 is 9.53 Å². The van der Waals surface area contributed by atoms with Crippen molar-refractivity contribution in [2.75, 3.05) is 19.7 Å². The number of hydrogen-bond acceptors (Lipinski definition) is 3. The SMILES string of the molecule is NC1(C(=O)N2CCO[C@@H](CC(c3ccccc3)c3ccccc3)C2)CC1. The van der Waals surface area contributed by atoms with Gasteiger partial charge in [-0.2, -0.15) is 0 Å². The van der Waals surface area contributed by atoms with Gasteiger partial charge >= 0.3 is 0 Å². The summed E-state index contributed by atoms with van der Waals surface area (Å²) >= 11 is 0. The Kier molecular flexibility index (Phi) is 4.79. The third kappa shape index (κ3) is 3.67. The third-order valence-corrected chi connectivity index (χ3v) is 5.54. The lowest BCUT2D eigenvalue weighted by atomic mass is 9.86. The van der Waals surface area contributed by atoms with Crippen molar-refractivity contribution in [3.8, 4) is 0 Å². The first kappa shape index (κ1) is 17.3. The summed E-state index contributed by atoms with van der Waals surface area (Å²) in [5, 5.41) is 0. The van der Waals surface area contributed by atoms with Crippen molar-refractivity contribution in [1.82, 2.24) is 4.90 Å². The number of carbonyl (C=O) groups is 1. The van der Waals surface area contributed by atoms with Gasteiger partial charge in [0.25, 0.3) is 0 Å². The molecule has 4 nitrogen and oxygen atoms in total. The molecule has 4 rings (SSSR count). The first-order chi connectivity index (χ1) is 12.7. The Hall–Kier alpha value is -2.17. The Morgan fingerprint density at radius 1 is 1.08 bits per heavy atom. The zero-order chi connectivity index (χ0) is 18.0. The number of rotatable bonds is 5. The molecule has 2 aliphatic rings. The molecule has 26 heavy (non-hydrogen) atoms. The Labute approximate surface area is 155 Å². The molecule has 2 N–H and O–H groups in total. The fourth-order valence-electron chi connectivity index (χ4n) is 3.81. The van der Waals surface area contributed by atoms with Gasteiger partial charge in [-0.3, -0.25) is 4.79 Å². The van der Waals surface area contributed by atoms with E-state index in [0.29, 0.717) is 19.7 Å². The van der Waals surface area contributed by atoms with Gasteiger partial charge in [-0.05, 0) is 30.4 Å². The average Bonchev–Trinajstić information content (AvgIpc) is 3.46. The predicted molar refractivity (Wildman–Crippen MR) is 102 cm³/mol. The van der Waals surface area contributed by atoms with Crippen LogP contribution < -0.4 is 5.73 Å². The standard InChI is InChI=1S/C22H26N2O2/c23-22(11-12-22)21(25)24-13-14-26-19(16-24)15-20(17-7-3-1-4-8-17)18-9-5-2-6-10-18/h1-10,19-20H,11-16,23H2/t19-/m0/s1. The summed E-state index contributed by atoms with van der Waals surface area (Å²) < 4.78 is 6.03. The summed E-state index contributed by atoms with van der Waals surface area (Å²) in [6, 6.07) is 21.1. The molecule has 2 aromatic rings. The fourth-order valence-corrected chi connectivity index (χ4v) is 3.81. The van der Waals surface area contributed by atoms with Gasteiger partial charge in [-0.25, -0.2) is 0 Å². The largest absolute Gasteiger partial charge is 0.375 e. The first-order valence-corrected chi connectivity index (χ1v) is 9.45. The van der Waals surface area contributed by atoms with E-state index in [9.17, 15) is 4.79 Å². The van der Waals surface area contributed by atoms with Crippen molar-refractivity contribution in [2.24, 2.45) is 5.73 Å². The van der Waals surface area contributed by atoms with E-state index in [-0.39, 0.29) is 17.9 Å². The van der Waals surface area contributed by atoms with Crippen LogP contribution in [0, 0.1) is 0 Å². The highest BCUT2D eigenvalue weighted by atomic mass is 16.5. The number of morpholine rings is 1. The maximum Gasteiger partial charge on any atom is 0.242 e. The van der Waals surface area contributed by atoms with Crippen molar-refractivity contribution in [2.45, 2.75) is 36.8 Å². The molecule has 2 aromatic carbocycles. The quantitative estimate of drug-likeness (QED) is 0.902. The van der Waals surface area contributed by atoms with Crippen LogP contribution in [0.2, 0.25) is 0 Å². The van der Waals surface area contributed by atoms with Gasteiger partial charge in [0.2, 0.25) is 5.91 Å². The molecule has 0 bridgehead atoms. The van der Waals surface area contributed by atoms with E-state index in [1.165, 1.54) is 11.1 Å². The molecule has 1 saturated heterocycles. The second-order valence-electron chi connectivity index (χ2n) is 7.51. The van der Waals surface area contributed by atoms with Gasteiger partial charge < -0.3 is 15.4 Å². The molecule has 2 fully saturated rings. The van der Waals surface area contributed by atoms with Crippen LogP contribution in [0.15, 0.2) is 60.7 Å². The minimum absolute atomic E-state index is 0.0282. The van der Waals surface area contributed by atoms with Crippen LogP contribution in [0.5, 0.6) is 0 Å². The number of nitrogens with zero attached hydrogens (tertiary/aromatic N) is 1. The van der Waals surface area contributed by atoms with E-state index in [1.807, 2.05) is 17.0 Å². The van der Waals surface area contributed by atoms with E-state index in [1.54, 1.807) is 0 Å². The minimum Gasteiger partial charge on any atom is -0.375 e. The number of carbonyl (C=O) groups excluding carboxylic acids is 1. The molecule has 1 aliphatic heterocycles. The van der Waals surface area contributed by atoms with E-state index in [0.717, 1.165) is 19.3 Å². The van der Waals surface area contributed by atoms with Gasteiger partial charge in [0.1, 0.15) is 0 Å². The predicted octanol–water partition coefficient (Wildman–Crippen LogP) is 2.93. The summed E-state index contributed by atoms with van der Waals surface area (Å²) in [7, 11) is 0. The van der Waals surface area contributed by atoms with Crippen LogP contribution in [0.3, 0.4) is 0 Å². The molecule has 0 spiro atoms. The lowest BCUT2D eigenvalue weighted by Gasteiger charge is -2.36. The zero-order valence-corrected chi connectivity index (χ0v) is 15.0. The van der Waals surface area contributed by atoms with Crippen molar-refractivity contribution >= 4 is 5.91 Å². The highest BCUT2D eigenvalue weighted by Gasteiger charge is 2.48. The van der Waals surface area contributed by atoms with Gasteiger partial charge in [-0.1, -0.05) is 60.7 Å². The first-order valence-electron chi connectivity index (χ1n) is 9.45. The molecule has 1 amide bonds. The van der Waals surface area contributed by atoms with Crippen LogP contribution in [-0.2, 0) is 9.53 Å². The molecule has 0 aromatic heterocycles. The van der Waals surface area contributed by atoms with Crippen molar-refractivity contribution in [1.29, 1.82) is 0 Å². The Balaban J connectivity index is 1.51. The zero-order valence-electron chi connectivity index (χ0n) is 15.0. The number of hydrogen-bond donors (Lipinski definition) is 1. The molecule has 136 valence electrons. The maximum absolute atomic E-state index is 12.6. The van der Waals surface area contributed by atoms with E-state index < -0.39 is 5.54 Å². The molecular weight excluding hydrogens is 324 g/mol. The summed E-state index contributed by atoms with van der Waals surface area (Å²) in [5.74, 6) is 0.354.